The van der Waals surface area contributed by atoms with Crippen molar-refractivity contribution in [3.8, 4) is 0 Å². The van der Waals surface area contributed by atoms with Crippen LogP contribution in [0.15, 0.2) is 35.5 Å². The van der Waals surface area contributed by atoms with E-state index in [-0.39, 0.29) is 6.10 Å². The van der Waals surface area contributed by atoms with Crippen LogP contribution in [0.1, 0.15) is 98.3 Å². The van der Waals surface area contributed by atoms with Gasteiger partial charge in [-0.05, 0) is 100 Å². The van der Waals surface area contributed by atoms with Crippen LogP contribution in [-0.2, 0) is 0 Å². The van der Waals surface area contributed by atoms with Crippen LogP contribution >= 0.6 is 0 Å². The molecule has 3 aliphatic carbocycles. The highest BCUT2D eigenvalue weighted by Crippen LogP contribution is 2.60. The minimum absolute atomic E-state index is 0.192. The molecule has 2 nitrogen and oxygen atoms in total. The highest BCUT2D eigenvalue weighted by molar-refractivity contribution is 5.36. The van der Waals surface area contributed by atoms with Crippen LogP contribution in [0.4, 0.5) is 0 Å². The summed E-state index contributed by atoms with van der Waals surface area (Å²) in [5, 5.41) is 20.1. The van der Waals surface area contributed by atoms with Gasteiger partial charge in [-0.1, -0.05) is 56.6 Å². The molecule has 5 atom stereocenters. The van der Waals surface area contributed by atoms with E-state index in [1.807, 2.05) is 13.8 Å². The second-order valence-corrected chi connectivity index (χ2v) is 11.2. The molecule has 2 heteroatoms. The Morgan fingerprint density at radius 1 is 1.21 bits per heavy atom. The predicted octanol–water partition coefficient (Wildman–Crippen LogP) is 6.73. The molecule has 2 N–H and O–H groups in total. The predicted molar refractivity (Wildman–Crippen MR) is 123 cm³/mol. The number of hydrogen-bond donors (Lipinski definition) is 2. The van der Waals surface area contributed by atoms with Crippen molar-refractivity contribution < 1.29 is 10.2 Å². The Kier molecular flexibility index (Phi) is 7.16. The summed E-state index contributed by atoms with van der Waals surface area (Å²) >= 11 is 0. The number of aliphatic hydroxyl groups is 2. The number of rotatable bonds is 6. The quantitative estimate of drug-likeness (QED) is 0.518. The van der Waals surface area contributed by atoms with Gasteiger partial charge < -0.3 is 10.2 Å². The van der Waals surface area contributed by atoms with Crippen LogP contribution in [0.2, 0.25) is 0 Å². The average Bonchev–Trinajstić information content (AvgIpc) is 2.99. The molecular formula is C27H44O2. The zero-order valence-corrected chi connectivity index (χ0v) is 19.3. The highest BCUT2D eigenvalue weighted by Gasteiger charge is 2.50. The molecule has 0 aromatic rings. The lowest BCUT2D eigenvalue weighted by molar-refractivity contribution is 0.0596. The second kappa shape index (κ2) is 9.10. The maximum Gasteiger partial charge on any atom is 0.0591 e. The Balaban J connectivity index is 1.68. The van der Waals surface area contributed by atoms with Crippen molar-refractivity contribution in [3.63, 3.8) is 0 Å². The topological polar surface area (TPSA) is 40.5 Å². The largest absolute Gasteiger partial charge is 0.393 e. The molecule has 3 saturated carbocycles. The van der Waals surface area contributed by atoms with Crippen molar-refractivity contribution in [2.45, 2.75) is 110 Å². The van der Waals surface area contributed by atoms with Gasteiger partial charge in [-0.2, -0.15) is 0 Å². The summed E-state index contributed by atoms with van der Waals surface area (Å²) in [6.45, 7) is 13.1. The Labute approximate surface area is 179 Å². The van der Waals surface area contributed by atoms with Crippen molar-refractivity contribution in [1.29, 1.82) is 0 Å². The van der Waals surface area contributed by atoms with Crippen molar-refractivity contribution >= 4 is 0 Å². The van der Waals surface area contributed by atoms with Gasteiger partial charge in [-0.25, -0.2) is 0 Å². The Bertz CT molecular complexity index is 650. The van der Waals surface area contributed by atoms with E-state index in [1.54, 1.807) is 5.57 Å². The van der Waals surface area contributed by atoms with Gasteiger partial charge in [-0.15, -0.1) is 0 Å². The third-order valence-corrected chi connectivity index (χ3v) is 8.36. The molecule has 0 aliphatic heterocycles. The highest BCUT2D eigenvalue weighted by atomic mass is 16.3. The number of hydrogen-bond acceptors (Lipinski definition) is 2. The molecule has 3 aliphatic rings. The van der Waals surface area contributed by atoms with E-state index in [4.69, 9.17) is 0 Å². The summed E-state index contributed by atoms with van der Waals surface area (Å²) in [6, 6.07) is 0. The normalized spacial score (nSPS) is 37.2. The number of aliphatic hydroxyl groups excluding tert-OH is 1. The zero-order chi connectivity index (χ0) is 21.2. The van der Waals surface area contributed by atoms with Gasteiger partial charge in [0.15, 0.2) is 0 Å². The fourth-order valence-corrected chi connectivity index (χ4v) is 6.67. The van der Waals surface area contributed by atoms with Gasteiger partial charge in [0, 0.05) is 0 Å². The number of allylic oxidation sites excluding steroid dienone is 4. The molecular weight excluding hydrogens is 356 g/mol. The van der Waals surface area contributed by atoms with Crippen LogP contribution in [0.25, 0.3) is 0 Å². The molecule has 3 fully saturated rings. The van der Waals surface area contributed by atoms with Gasteiger partial charge in [0.25, 0.3) is 0 Å². The van der Waals surface area contributed by atoms with Crippen LogP contribution in [0.5, 0.6) is 0 Å². The van der Waals surface area contributed by atoms with E-state index in [0.717, 1.165) is 49.9 Å². The molecule has 0 aromatic heterocycles. The molecule has 0 spiro atoms. The van der Waals surface area contributed by atoms with Crippen molar-refractivity contribution in [3.05, 3.63) is 35.5 Å². The molecule has 0 heterocycles. The van der Waals surface area contributed by atoms with Gasteiger partial charge in [-0.3, -0.25) is 0 Å². The van der Waals surface area contributed by atoms with E-state index < -0.39 is 5.60 Å². The summed E-state index contributed by atoms with van der Waals surface area (Å²) < 4.78 is 0. The SMILES string of the molecule is C=C1CCC(O)CC1=CC=C1CCCC2(C)C1CCC2C(C)CCCC(C)(C)O. The van der Waals surface area contributed by atoms with Crippen LogP contribution in [-0.4, -0.2) is 21.9 Å². The summed E-state index contributed by atoms with van der Waals surface area (Å²) in [7, 11) is 0. The van der Waals surface area contributed by atoms with Gasteiger partial charge in [0.1, 0.15) is 0 Å². The second-order valence-electron chi connectivity index (χ2n) is 11.2. The summed E-state index contributed by atoms with van der Waals surface area (Å²) in [5.41, 5.74) is 4.02. The smallest absolute Gasteiger partial charge is 0.0591 e. The minimum Gasteiger partial charge on any atom is -0.393 e. The molecule has 0 bridgehead atoms. The maximum absolute atomic E-state index is 10.0. The lowest BCUT2D eigenvalue weighted by Crippen LogP contribution is -2.36. The van der Waals surface area contributed by atoms with E-state index in [1.165, 1.54) is 49.7 Å². The third kappa shape index (κ3) is 5.44. The molecule has 3 rings (SSSR count). The van der Waals surface area contributed by atoms with Gasteiger partial charge in [0.2, 0.25) is 0 Å². The first-order chi connectivity index (χ1) is 13.6. The fourth-order valence-electron chi connectivity index (χ4n) is 6.67. The lowest BCUT2D eigenvalue weighted by atomic mass is 9.60. The summed E-state index contributed by atoms with van der Waals surface area (Å²) in [4.78, 5) is 0. The van der Waals surface area contributed by atoms with E-state index >= 15 is 0 Å². The van der Waals surface area contributed by atoms with Gasteiger partial charge >= 0.3 is 0 Å². The fraction of sp³-hybridized carbons (Fsp3) is 0.778. The van der Waals surface area contributed by atoms with Crippen LogP contribution in [0.3, 0.4) is 0 Å². The van der Waals surface area contributed by atoms with Crippen LogP contribution in [0, 0.1) is 23.2 Å². The van der Waals surface area contributed by atoms with Gasteiger partial charge in [0.05, 0.1) is 11.7 Å². The standard InChI is InChI=1S/C27H44O2/c1-19-10-13-23(28)18-22(19)12-11-21-9-7-17-27(5)24(14-15-25(21)27)20(2)8-6-16-26(3,4)29/h11-12,20,23-25,28-29H,1,6-10,13-18H2,2-5H3. The van der Waals surface area contributed by atoms with Crippen molar-refractivity contribution in [1.82, 2.24) is 0 Å². The molecule has 29 heavy (non-hydrogen) atoms. The lowest BCUT2D eigenvalue weighted by Gasteiger charge is -2.44. The van der Waals surface area contributed by atoms with E-state index in [9.17, 15) is 10.2 Å². The monoisotopic (exact) mass is 400 g/mol. The minimum atomic E-state index is -0.535. The Hall–Kier alpha value is -0.860. The molecule has 5 unspecified atom stereocenters. The Morgan fingerprint density at radius 2 is 1.97 bits per heavy atom. The Morgan fingerprint density at radius 3 is 2.69 bits per heavy atom. The van der Waals surface area contributed by atoms with E-state index in [2.05, 4.69) is 32.6 Å². The zero-order valence-electron chi connectivity index (χ0n) is 19.3. The summed E-state index contributed by atoms with van der Waals surface area (Å²) in [6.07, 6.45) is 16.9. The van der Waals surface area contributed by atoms with Crippen molar-refractivity contribution in [2.75, 3.05) is 0 Å². The first kappa shape index (κ1) is 22.8. The average molecular weight is 401 g/mol. The van der Waals surface area contributed by atoms with E-state index in [0.29, 0.717) is 5.41 Å². The number of fused-ring (bicyclic) bond motifs is 1. The molecule has 0 radical (unpaired) electrons. The molecule has 0 amide bonds. The third-order valence-electron chi connectivity index (χ3n) is 8.36. The first-order valence-electron chi connectivity index (χ1n) is 12.1. The van der Waals surface area contributed by atoms with Crippen LogP contribution < -0.4 is 0 Å². The molecule has 164 valence electrons. The van der Waals surface area contributed by atoms with Crippen molar-refractivity contribution in [2.24, 2.45) is 23.2 Å². The maximum atomic E-state index is 10.0. The first-order valence-corrected chi connectivity index (χ1v) is 12.1. The molecule has 0 saturated heterocycles. The molecule has 0 aromatic carbocycles. The summed E-state index contributed by atoms with van der Waals surface area (Å²) in [5.74, 6) is 2.26.